The summed E-state index contributed by atoms with van der Waals surface area (Å²) < 4.78 is 0. The highest BCUT2D eigenvalue weighted by atomic mass is 16.1. The minimum atomic E-state index is 0.207. The minimum Gasteiger partial charge on any atom is -0.303 e. The molecule has 0 saturated heterocycles. The summed E-state index contributed by atoms with van der Waals surface area (Å²) in [6, 6.07) is 0. The van der Waals surface area contributed by atoms with E-state index in [1.807, 2.05) is 6.08 Å². The molecule has 132 valence electrons. The van der Waals surface area contributed by atoms with Gasteiger partial charge >= 0.3 is 0 Å². The molecule has 0 aliphatic heterocycles. The van der Waals surface area contributed by atoms with Crippen LogP contribution in [0.2, 0.25) is 0 Å². The topological polar surface area (TPSA) is 34.1 Å². The van der Waals surface area contributed by atoms with Gasteiger partial charge in [-0.2, -0.15) is 0 Å². The molecule has 3 saturated carbocycles. The number of fused-ring (bicyclic) bond motifs is 5. The highest BCUT2D eigenvalue weighted by molar-refractivity contribution is 5.91. The van der Waals surface area contributed by atoms with Gasteiger partial charge < -0.3 is 4.79 Å². The summed E-state index contributed by atoms with van der Waals surface area (Å²) >= 11 is 0. The zero-order valence-corrected chi connectivity index (χ0v) is 15.7. The molecule has 3 unspecified atom stereocenters. The molecule has 0 bridgehead atoms. The van der Waals surface area contributed by atoms with Crippen molar-refractivity contribution in [1.82, 2.24) is 0 Å². The Morgan fingerprint density at radius 1 is 1.12 bits per heavy atom. The first kappa shape index (κ1) is 16.5. The van der Waals surface area contributed by atoms with Crippen molar-refractivity contribution >= 4 is 12.1 Å². The molecule has 8 atom stereocenters. The van der Waals surface area contributed by atoms with E-state index in [2.05, 4.69) is 27.7 Å². The van der Waals surface area contributed by atoms with Crippen molar-refractivity contribution < 1.29 is 9.59 Å². The summed E-state index contributed by atoms with van der Waals surface area (Å²) in [5.74, 6) is 3.87. The lowest BCUT2D eigenvalue weighted by Crippen LogP contribution is -2.53. The monoisotopic (exact) mass is 328 g/mol. The van der Waals surface area contributed by atoms with E-state index >= 15 is 0 Å². The molecule has 4 aliphatic rings. The highest BCUT2D eigenvalue weighted by Gasteiger charge is 2.61. The number of carbonyl (C=O) groups is 2. The van der Waals surface area contributed by atoms with E-state index in [0.29, 0.717) is 29.5 Å². The molecule has 4 aliphatic carbocycles. The smallest absolute Gasteiger partial charge is 0.155 e. The summed E-state index contributed by atoms with van der Waals surface area (Å²) in [6.07, 6.45) is 9.78. The Labute approximate surface area is 146 Å². The number of hydrogen-bond donors (Lipinski definition) is 0. The molecule has 0 aromatic carbocycles. The van der Waals surface area contributed by atoms with Gasteiger partial charge in [-0.25, -0.2) is 0 Å². The zero-order chi connectivity index (χ0) is 17.3. The van der Waals surface area contributed by atoms with E-state index in [4.69, 9.17) is 0 Å². The van der Waals surface area contributed by atoms with E-state index in [-0.39, 0.29) is 16.7 Å². The summed E-state index contributed by atoms with van der Waals surface area (Å²) in [5, 5.41) is 0. The van der Waals surface area contributed by atoms with Gasteiger partial charge in [0.1, 0.15) is 6.29 Å². The van der Waals surface area contributed by atoms with Gasteiger partial charge in [0.2, 0.25) is 0 Å². The minimum absolute atomic E-state index is 0.207. The molecule has 0 spiro atoms. The molecule has 0 N–H and O–H groups in total. The molecule has 4 rings (SSSR count). The van der Waals surface area contributed by atoms with Crippen LogP contribution in [0.25, 0.3) is 0 Å². The second-order valence-corrected chi connectivity index (χ2v) is 9.94. The quantitative estimate of drug-likeness (QED) is 0.646. The number of hydrogen-bond acceptors (Lipinski definition) is 2. The number of aldehydes is 1. The Hall–Kier alpha value is -0.920. The normalized spacial score (nSPS) is 53.7. The van der Waals surface area contributed by atoms with E-state index in [1.54, 1.807) is 0 Å². The van der Waals surface area contributed by atoms with Gasteiger partial charge in [0.25, 0.3) is 0 Å². The van der Waals surface area contributed by atoms with E-state index < -0.39 is 0 Å². The van der Waals surface area contributed by atoms with Crippen molar-refractivity contribution in [3.63, 3.8) is 0 Å². The van der Waals surface area contributed by atoms with Crippen LogP contribution in [-0.4, -0.2) is 12.1 Å². The first-order valence-electron chi connectivity index (χ1n) is 10.0. The standard InChI is InChI=1S/C22H32O2/c1-13-10-18-20-14(2)9-15-11-16(24)5-7-21(15,3)17(20)6-8-22(18,4)19(13)12-23/h11-14,17-20H,5-10H2,1-4H3/t13?,14?,17-,18-,19?,20+,21-,22-/m0/s1. The Bertz CT molecular complexity index is 605. The Morgan fingerprint density at radius 2 is 1.88 bits per heavy atom. The molecule has 0 amide bonds. The van der Waals surface area contributed by atoms with Crippen molar-refractivity contribution in [2.45, 2.75) is 66.2 Å². The molecular formula is C22H32O2. The van der Waals surface area contributed by atoms with Crippen LogP contribution in [0.4, 0.5) is 0 Å². The van der Waals surface area contributed by atoms with Crippen LogP contribution in [0.3, 0.4) is 0 Å². The second-order valence-electron chi connectivity index (χ2n) is 9.94. The lowest BCUT2D eigenvalue weighted by Gasteiger charge is -2.60. The number of rotatable bonds is 1. The summed E-state index contributed by atoms with van der Waals surface area (Å²) in [4.78, 5) is 23.8. The van der Waals surface area contributed by atoms with Crippen molar-refractivity contribution in [2.24, 2.45) is 46.3 Å². The summed E-state index contributed by atoms with van der Waals surface area (Å²) in [7, 11) is 0. The lowest BCUT2D eigenvalue weighted by atomic mass is 9.45. The maximum absolute atomic E-state index is 12.0. The zero-order valence-electron chi connectivity index (χ0n) is 15.7. The molecule has 2 heteroatoms. The third kappa shape index (κ3) is 2.01. The van der Waals surface area contributed by atoms with Gasteiger partial charge in [0, 0.05) is 12.3 Å². The van der Waals surface area contributed by atoms with E-state index in [0.717, 1.165) is 25.2 Å². The summed E-state index contributed by atoms with van der Waals surface area (Å²) in [6.45, 7) is 9.54. The maximum Gasteiger partial charge on any atom is 0.155 e. The molecule has 0 radical (unpaired) electrons. The third-order valence-electron chi connectivity index (χ3n) is 8.89. The van der Waals surface area contributed by atoms with Crippen LogP contribution >= 0.6 is 0 Å². The Morgan fingerprint density at radius 3 is 2.58 bits per heavy atom. The molecule has 0 heterocycles. The fourth-order valence-corrected chi connectivity index (χ4v) is 7.60. The Kier molecular flexibility index (Phi) is 3.64. The number of carbonyl (C=O) groups excluding carboxylic acids is 2. The van der Waals surface area contributed by atoms with E-state index in [9.17, 15) is 9.59 Å². The van der Waals surface area contributed by atoms with Crippen molar-refractivity contribution in [2.75, 3.05) is 0 Å². The van der Waals surface area contributed by atoms with E-state index in [1.165, 1.54) is 31.1 Å². The van der Waals surface area contributed by atoms with Crippen molar-refractivity contribution in [3.8, 4) is 0 Å². The average Bonchev–Trinajstić information content (AvgIpc) is 2.78. The lowest BCUT2D eigenvalue weighted by molar-refractivity contribution is -0.123. The van der Waals surface area contributed by atoms with Crippen LogP contribution in [-0.2, 0) is 9.59 Å². The maximum atomic E-state index is 12.0. The van der Waals surface area contributed by atoms with Crippen molar-refractivity contribution in [1.29, 1.82) is 0 Å². The predicted molar refractivity (Wildman–Crippen MR) is 95.4 cm³/mol. The largest absolute Gasteiger partial charge is 0.303 e. The molecule has 0 aromatic rings. The van der Waals surface area contributed by atoms with Crippen LogP contribution in [0.5, 0.6) is 0 Å². The Balaban J connectivity index is 1.74. The number of ketones is 1. The fourth-order valence-electron chi connectivity index (χ4n) is 7.60. The first-order valence-corrected chi connectivity index (χ1v) is 10.0. The van der Waals surface area contributed by atoms with Gasteiger partial charge in [0.05, 0.1) is 0 Å². The van der Waals surface area contributed by atoms with Crippen LogP contribution in [0.15, 0.2) is 11.6 Å². The molecule has 3 fully saturated rings. The van der Waals surface area contributed by atoms with Gasteiger partial charge in [-0.15, -0.1) is 0 Å². The summed E-state index contributed by atoms with van der Waals surface area (Å²) in [5.41, 5.74) is 1.88. The molecule has 24 heavy (non-hydrogen) atoms. The third-order valence-corrected chi connectivity index (χ3v) is 8.89. The predicted octanol–water partition coefficient (Wildman–Crippen LogP) is 4.83. The van der Waals surface area contributed by atoms with Gasteiger partial charge in [-0.05, 0) is 78.6 Å². The second kappa shape index (κ2) is 5.29. The number of allylic oxidation sites excluding steroid dienone is 1. The highest BCUT2D eigenvalue weighted by Crippen LogP contribution is 2.68. The van der Waals surface area contributed by atoms with Gasteiger partial charge in [-0.1, -0.05) is 33.3 Å². The van der Waals surface area contributed by atoms with Crippen LogP contribution < -0.4 is 0 Å². The fraction of sp³-hybridized carbons (Fsp3) is 0.818. The van der Waals surface area contributed by atoms with Crippen molar-refractivity contribution in [3.05, 3.63) is 11.6 Å². The SMILES string of the molecule is CC1C[C@H]2[C@@H]3C(C)CC4=CC(=O)CC[C@]4(C)[C@H]3CC[C@]2(C)C1C=O. The van der Waals surface area contributed by atoms with Gasteiger partial charge in [-0.3, -0.25) is 4.79 Å². The average molecular weight is 328 g/mol. The van der Waals surface area contributed by atoms with Crippen LogP contribution in [0.1, 0.15) is 66.2 Å². The molecular weight excluding hydrogens is 296 g/mol. The van der Waals surface area contributed by atoms with Crippen LogP contribution in [0, 0.1) is 46.3 Å². The van der Waals surface area contributed by atoms with Gasteiger partial charge in [0.15, 0.2) is 5.78 Å². The first-order chi connectivity index (χ1) is 11.3. The molecule has 2 nitrogen and oxygen atoms in total. The molecule has 0 aromatic heterocycles.